The van der Waals surface area contributed by atoms with Crippen LogP contribution in [-0.2, 0) is 9.59 Å². The second-order valence-corrected chi connectivity index (χ2v) is 6.94. The highest BCUT2D eigenvalue weighted by Gasteiger charge is 2.48. The number of ketones is 2. The van der Waals surface area contributed by atoms with Crippen molar-refractivity contribution in [2.45, 2.75) is 54.4 Å². The first kappa shape index (κ1) is 14.0. The third-order valence-electron chi connectivity index (χ3n) is 3.02. The molecule has 1 saturated carbocycles. The lowest BCUT2D eigenvalue weighted by atomic mass is 9.63. The molecule has 0 aromatic rings. The molecule has 0 aliphatic heterocycles. The van der Waals surface area contributed by atoms with Crippen LogP contribution in [-0.4, -0.2) is 11.6 Å². The van der Waals surface area contributed by atoms with Crippen molar-refractivity contribution in [3.63, 3.8) is 0 Å². The van der Waals surface area contributed by atoms with Crippen molar-refractivity contribution in [1.29, 1.82) is 0 Å². The molecule has 2 heteroatoms. The highest BCUT2D eigenvalue weighted by Crippen LogP contribution is 2.40. The molecule has 0 radical (unpaired) electrons. The summed E-state index contributed by atoms with van der Waals surface area (Å²) in [6.07, 6.45) is 0.608. The average molecular weight is 234 g/mol. The standard InChI is InChI=1S/C15H22O2/c1-13(2,3)7-8-15(6)10-11(16)9-14(4,5)12(15)17/h9-10H2,1-6H3. The van der Waals surface area contributed by atoms with Gasteiger partial charge in [0.05, 0.1) is 5.41 Å². The van der Waals surface area contributed by atoms with E-state index in [0.29, 0.717) is 6.42 Å². The Balaban J connectivity index is 3.13. The fourth-order valence-corrected chi connectivity index (χ4v) is 2.28. The number of Topliss-reactive ketones (excluding diaryl/α,β-unsaturated/α-hetero) is 2. The van der Waals surface area contributed by atoms with E-state index in [0.717, 1.165) is 0 Å². The van der Waals surface area contributed by atoms with E-state index in [2.05, 4.69) is 11.8 Å². The van der Waals surface area contributed by atoms with E-state index in [1.54, 1.807) is 6.92 Å². The minimum atomic E-state index is -0.799. The van der Waals surface area contributed by atoms with Crippen molar-refractivity contribution >= 4 is 11.6 Å². The van der Waals surface area contributed by atoms with Crippen LogP contribution in [0.1, 0.15) is 54.4 Å². The molecule has 2 nitrogen and oxygen atoms in total. The molecule has 1 aliphatic rings. The van der Waals surface area contributed by atoms with Gasteiger partial charge in [0.25, 0.3) is 0 Å². The molecule has 94 valence electrons. The van der Waals surface area contributed by atoms with Gasteiger partial charge in [0, 0.05) is 23.7 Å². The zero-order valence-corrected chi connectivity index (χ0v) is 11.7. The predicted octanol–water partition coefficient (Wildman–Crippen LogP) is 3.00. The first-order valence-corrected chi connectivity index (χ1v) is 6.07. The van der Waals surface area contributed by atoms with Crippen LogP contribution < -0.4 is 0 Å². The average Bonchev–Trinajstić information content (AvgIpc) is 2.09. The van der Waals surface area contributed by atoms with Crippen LogP contribution in [0.3, 0.4) is 0 Å². The molecule has 0 aromatic carbocycles. The van der Waals surface area contributed by atoms with E-state index >= 15 is 0 Å². The molecular weight excluding hydrogens is 212 g/mol. The summed E-state index contributed by atoms with van der Waals surface area (Å²) in [7, 11) is 0. The maximum absolute atomic E-state index is 12.4. The van der Waals surface area contributed by atoms with E-state index in [1.165, 1.54) is 0 Å². The van der Waals surface area contributed by atoms with Gasteiger partial charge in [-0.05, 0) is 27.7 Å². The van der Waals surface area contributed by atoms with Gasteiger partial charge in [-0.3, -0.25) is 9.59 Å². The summed E-state index contributed by atoms with van der Waals surface area (Å²) >= 11 is 0. The van der Waals surface area contributed by atoms with Gasteiger partial charge in [0.2, 0.25) is 0 Å². The van der Waals surface area contributed by atoms with Crippen molar-refractivity contribution < 1.29 is 9.59 Å². The monoisotopic (exact) mass is 234 g/mol. The summed E-state index contributed by atoms with van der Waals surface area (Å²) in [5.74, 6) is 6.39. The van der Waals surface area contributed by atoms with Crippen LogP contribution in [0.25, 0.3) is 0 Å². The third-order valence-corrected chi connectivity index (χ3v) is 3.02. The molecule has 1 aliphatic carbocycles. The topological polar surface area (TPSA) is 34.1 Å². The number of hydrogen-bond donors (Lipinski definition) is 0. The van der Waals surface area contributed by atoms with Gasteiger partial charge in [-0.25, -0.2) is 0 Å². The lowest BCUT2D eigenvalue weighted by molar-refractivity contribution is -0.144. The lowest BCUT2D eigenvalue weighted by Gasteiger charge is -2.37. The summed E-state index contributed by atoms with van der Waals surface area (Å²) in [5, 5.41) is 0. The molecule has 17 heavy (non-hydrogen) atoms. The Labute approximate surface area is 104 Å². The molecule has 0 N–H and O–H groups in total. The minimum absolute atomic E-state index is 0.0985. The maximum atomic E-state index is 12.4. The summed E-state index contributed by atoms with van der Waals surface area (Å²) in [6.45, 7) is 11.5. The SMILES string of the molecule is CC(C)(C)C#CC1(C)CC(=O)CC(C)(C)C1=O. The Bertz CT molecular complexity index is 412. The van der Waals surface area contributed by atoms with E-state index < -0.39 is 10.8 Å². The molecule has 0 amide bonds. The van der Waals surface area contributed by atoms with Crippen LogP contribution in [0.4, 0.5) is 0 Å². The Morgan fingerprint density at radius 1 is 1.06 bits per heavy atom. The Morgan fingerprint density at radius 3 is 2.06 bits per heavy atom. The number of carbonyl (C=O) groups excluding carboxylic acids is 2. The van der Waals surface area contributed by atoms with Crippen LogP contribution in [0, 0.1) is 28.1 Å². The van der Waals surface area contributed by atoms with E-state index in [-0.39, 0.29) is 23.4 Å². The van der Waals surface area contributed by atoms with Gasteiger partial charge in [0.1, 0.15) is 5.78 Å². The summed E-state index contributed by atoms with van der Waals surface area (Å²) in [6, 6.07) is 0. The largest absolute Gasteiger partial charge is 0.300 e. The molecular formula is C15H22O2. The van der Waals surface area contributed by atoms with Crippen molar-refractivity contribution in [2.75, 3.05) is 0 Å². The second kappa shape index (κ2) is 3.98. The van der Waals surface area contributed by atoms with Gasteiger partial charge >= 0.3 is 0 Å². The van der Waals surface area contributed by atoms with Crippen LogP contribution in [0.2, 0.25) is 0 Å². The quantitative estimate of drug-likeness (QED) is 0.604. The minimum Gasteiger partial charge on any atom is -0.300 e. The molecule has 0 spiro atoms. The van der Waals surface area contributed by atoms with Gasteiger partial charge in [-0.15, -0.1) is 0 Å². The molecule has 0 heterocycles. The number of carbonyl (C=O) groups is 2. The van der Waals surface area contributed by atoms with Crippen LogP contribution in [0.5, 0.6) is 0 Å². The second-order valence-electron chi connectivity index (χ2n) is 6.94. The predicted molar refractivity (Wildman–Crippen MR) is 68.4 cm³/mol. The van der Waals surface area contributed by atoms with E-state index in [9.17, 15) is 9.59 Å². The maximum Gasteiger partial charge on any atom is 0.157 e. The van der Waals surface area contributed by atoms with Gasteiger partial charge < -0.3 is 0 Å². The molecule has 0 saturated heterocycles. The van der Waals surface area contributed by atoms with E-state index in [4.69, 9.17) is 0 Å². The molecule has 0 bridgehead atoms. The number of rotatable bonds is 0. The van der Waals surface area contributed by atoms with Crippen molar-refractivity contribution in [3.05, 3.63) is 0 Å². The normalized spacial score (nSPS) is 28.6. The summed E-state index contributed by atoms with van der Waals surface area (Å²) in [5.41, 5.74) is -1.52. The first-order valence-electron chi connectivity index (χ1n) is 6.07. The smallest absolute Gasteiger partial charge is 0.157 e. The molecule has 0 aromatic heterocycles. The van der Waals surface area contributed by atoms with Crippen LogP contribution in [0.15, 0.2) is 0 Å². The van der Waals surface area contributed by atoms with Crippen molar-refractivity contribution in [1.82, 2.24) is 0 Å². The Morgan fingerprint density at radius 2 is 1.59 bits per heavy atom. The zero-order valence-electron chi connectivity index (χ0n) is 11.7. The molecule has 1 fully saturated rings. The highest BCUT2D eigenvalue weighted by molar-refractivity contribution is 6.02. The van der Waals surface area contributed by atoms with Gasteiger partial charge in [0.15, 0.2) is 5.78 Å². The first-order chi connectivity index (χ1) is 7.46. The fourth-order valence-electron chi connectivity index (χ4n) is 2.28. The Kier molecular flexibility index (Phi) is 3.27. The van der Waals surface area contributed by atoms with Crippen molar-refractivity contribution in [3.8, 4) is 11.8 Å². The van der Waals surface area contributed by atoms with Gasteiger partial charge in [-0.1, -0.05) is 25.7 Å². The third kappa shape index (κ3) is 3.19. The fraction of sp³-hybridized carbons (Fsp3) is 0.733. The lowest BCUT2D eigenvalue weighted by Crippen LogP contribution is -2.45. The summed E-state index contributed by atoms with van der Waals surface area (Å²) < 4.78 is 0. The molecule has 1 unspecified atom stereocenters. The van der Waals surface area contributed by atoms with Crippen molar-refractivity contribution in [2.24, 2.45) is 16.2 Å². The molecule has 1 atom stereocenters. The highest BCUT2D eigenvalue weighted by atomic mass is 16.1. The van der Waals surface area contributed by atoms with Crippen LogP contribution >= 0.6 is 0 Å². The van der Waals surface area contributed by atoms with E-state index in [1.807, 2.05) is 34.6 Å². The Hall–Kier alpha value is -1.10. The number of hydrogen-bond acceptors (Lipinski definition) is 2. The summed E-state index contributed by atoms with van der Waals surface area (Å²) in [4.78, 5) is 24.1. The molecule has 1 rings (SSSR count). The zero-order chi connectivity index (χ0) is 13.5. The van der Waals surface area contributed by atoms with Gasteiger partial charge in [-0.2, -0.15) is 0 Å².